The first kappa shape index (κ1) is 23.1. The predicted octanol–water partition coefficient (Wildman–Crippen LogP) is 3.78. The Kier molecular flexibility index (Phi) is 6.25. The van der Waals surface area contributed by atoms with Gasteiger partial charge in [-0.1, -0.05) is 12.1 Å². The number of hydrogen-bond acceptors (Lipinski definition) is 5. The molecule has 2 aromatic rings. The molecule has 2 saturated heterocycles. The van der Waals surface area contributed by atoms with E-state index in [1.54, 1.807) is 6.07 Å². The summed E-state index contributed by atoms with van der Waals surface area (Å²) in [4.78, 5) is 17.6. The number of carbonyl (C=O) groups is 1. The molecule has 0 radical (unpaired) electrons. The Morgan fingerprint density at radius 3 is 2.59 bits per heavy atom. The third kappa shape index (κ3) is 4.51. The number of rotatable bonds is 4. The molecule has 0 aromatic heterocycles. The highest BCUT2D eigenvalue weighted by Crippen LogP contribution is 2.38. The third-order valence-corrected chi connectivity index (χ3v) is 8.09. The van der Waals surface area contributed by atoms with Crippen LogP contribution in [0.2, 0.25) is 0 Å². The normalized spacial score (nSPS) is 22.8. The number of hydrogen-bond donors (Lipinski definition) is 3. The molecular formula is C27H35FN4O2. The number of aliphatic hydroxyl groups is 1. The molecule has 0 bridgehead atoms. The summed E-state index contributed by atoms with van der Waals surface area (Å²) in [5, 5.41) is 17.5. The monoisotopic (exact) mass is 466 g/mol. The number of amides is 1. The summed E-state index contributed by atoms with van der Waals surface area (Å²) in [7, 11) is 2.15. The van der Waals surface area contributed by atoms with Gasteiger partial charge in [-0.25, -0.2) is 4.39 Å². The maximum absolute atomic E-state index is 14.2. The quantitative estimate of drug-likeness (QED) is 0.640. The first-order chi connectivity index (χ1) is 16.3. The van der Waals surface area contributed by atoms with Gasteiger partial charge >= 0.3 is 0 Å². The van der Waals surface area contributed by atoms with Crippen molar-refractivity contribution in [2.24, 2.45) is 5.92 Å². The zero-order valence-electron chi connectivity index (χ0n) is 20.1. The highest BCUT2D eigenvalue weighted by atomic mass is 19.1. The van der Waals surface area contributed by atoms with E-state index in [2.05, 4.69) is 33.5 Å². The first-order valence-electron chi connectivity index (χ1n) is 12.4. The van der Waals surface area contributed by atoms with Crippen LogP contribution in [0, 0.1) is 18.7 Å². The lowest BCUT2D eigenvalue weighted by molar-refractivity contribution is -0.116. The molecule has 7 heteroatoms. The van der Waals surface area contributed by atoms with Gasteiger partial charge in [-0.15, -0.1) is 0 Å². The van der Waals surface area contributed by atoms with Crippen LogP contribution >= 0.6 is 0 Å². The standard InChI is InChI=1S/C27H35FN4O2/c1-18-6-7-23(28)22-17-24(30-25(18)22)26(33)29-20-4-3-5-21(16-20)32-14-10-27(34,11-15-32)19-8-12-31(2)13-9-19/h3-7,16,19,24,30,34H,8-15,17H2,1-2H3,(H,29,33). The lowest BCUT2D eigenvalue weighted by atomic mass is 9.74. The van der Waals surface area contributed by atoms with Crippen LogP contribution in [0.3, 0.4) is 0 Å². The van der Waals surface area contributed by atoms with Gasteiger partial charge in [-0.3, -0.25) is 4.79 Å². The molecule has 3 aliphatic heterocycles. The number of piperidine rings is 2. The minimum absolute atomic E-state index is 0.164. The van der Waals surface area contributed by atoms with E-state index in [-0.39, 0.29) is 11.7 Å². The summed E-state index contributed by atoms with van der Waals surface area (Å²) in [6.45, 7) is 5.65. The number of likely N-dealkylation sites (tertiary alicyclic amines) is 1. The molecule has 6 nitrogen and oxygen atoms in total. The molecule has 34 heavy (non-hydrogen) atoms. The highest BCUT2D eigenvalue weighted by molar-refractivity contribution is 5.98. The van der Waals surface area contributed by atoms with Gasteiger partial charge in [0.15, 0.2) is 0 Å². The van der Waals surface area contributed by atoms with Crippen molar-refractivity contribution in [3.8, 4) is 0 Å². The Labute approximate surface area is 201 Å². The van der Waals surface area contributed by atoms with Crippen molar-refractivity contribution >= 4 is 23.0 Å². The van der Waals surface area contributed by atoms with Gasteiger partial charge in [-0.05, 0) is 88.5 Å². The fraction of sp³-hybridized carbons (Fsp3) is 0.519. The van der Waals surface area contributed by atoms with Crippen LogP contribution in [0.5, 0.6) is 0 Å². The second-order valence-corrected chi connectivity index (χ2v) is 10.3. The van der Waals surface area contributed by atoms with Crippen LogP contribution in [0.1, 0.15) is 36.8 Å². The average Bonchev–Trinajstić information content (AvgIpc) is 3.30. The van der Waals surface area contributed by atoms with Gasteiger partial charge in [-0.2, -0.15) is 0 Å². The predicted molar refractivity (Wildman–Crippen MR) is 134 cm³/mol. The van der Waals surface area contributed by atoms with E-state index in [4.69, 9.17) is 0 Å². The van der Waals surface area contributed by atoms with Crippen LogP contribution < -0.4 is 15.5 Å². The van der Waals surface area contributed by atoms with Crippen molar-refractivity contribution in [2.45, 2.75) is 50.7 Å². The third-order valence-electron chi connectivity index (χ3n) is 8.09. The summed E-state index contributed by atoms with van der Waals surface area (Å²) in [6, 6.07) is 10.6. The lowest BCUT2D eigenvalue weighted by Crippen LogP contribution is -2.51. The van der Waals surface area contributed by atoms with Gasteiger partial charge in [0, 0.05) is 42.1 Å². The van der Waals surface area contributed by atoms with E-state index in [0.717, 1.165) is 74.5 Å². The Morgan fingerprint density at radius 2 is 1.88 bits per heavy atom. The van der Waals surface area contributed by atoms with E-state index in [1.807, 2.05) is 25.1 Å². The molecule has 2 aromatic carbocycles. The van der Waals surface area contributed by atoms with Crippen LogP contribution in [-0.2, 0) is 11.2 Å². The number of carbonyl (C=O) groups excluding carboxylic acids is 1. The van der Waals surface area contributed by atoms with Crippen LogP contribution in [0.15, 0.2) is 36.4 Å². The first-order valence-corrected chi connectivity index (χ1v) is 12.4. The molecule has 0 spiro atoms. The Morgan fingerprint density at radius 1 is 1.15 bits per heavy atom. The van der Waals surface area contributed by atoms with Gasteiger partial charge in [0.05, 0.1) is 5.60 Å². The maximum Gasteiger partial charge on any atom is 0.247 e. The fourth-order valence-electron chi connectivity index (χ4n) is 5.84. The molecule has 182 valence electrons. The molecule has 3 aliphatic rings. The van der Waals surface area contributed by atoms with Crippen molar-refractivity contribution in [2.75, 3.05) is 48.8 Å². The molecule has 2 fully saturated rings. The molecule has 1 unspecified atom stereocenters. The van der Waals surface area contributed by atoms with Crippen molar-refractivity contribution < 1.29 is 14.3 Å². The highest BCUT2D eigenvalue weighted by Gasteiger charge is 2.40. The number of nitrogens with zero attached hydrogens (tertiary/aromatic N) is 2. The number of benzene rings is 2. The summed E-state index contributed by atoms with van der Waals surface area (Å²) in [5.74, 6) is -0.0499. The van der Waals surface area contributed by atoms with E-state index in [1.165, 1.54) is 6.07 Å². The topological polar surface area (TPSA) is 67.8 Å². The van der Waals surface area contributed by atoms with Gasteiger partial charge in [0.1, 0.15) is 11.9 Å². The lowest BCUT2D eigenvalue weighted by Gasteiger charge is -2.46. The van der Waals surface area contributed by atoms with Crippen LogP contribution in [-0.4, -0.2) is 60.8 Å². The summed E-state index contributed by atoms with van der Waals surface area (Å²) in [6.07, 6.45) is 4.02. The van der Waals surface area contributed by atoms with Crippen LogP contribution in [0.25, 0.3) is 0 Å². The minimum Gasteiger partial charge on any atom is -0.389 e. The van der Waals surface area contributed by atoms with E-state index < -0.39 is 11.6 Å². The van der Waals surface area contributed by atoms with Crippen molar-refractivity contribution in [3.63, 3.8) is 0 Å². The number of aryl methyl sites for hydroxylation is 1. The molecule has 3 N–H and O–H groups in total. The molecule has 1 atom stereocenters. The smallest absolute Gasteiger partial charge is 0.247 e. The number of halogens is 1. The molecule has 5 rings (SSSR count). The number of anilines is 3. The minimum atomic E-state index is -0.569. The van der Waals surface area contributed by atoms with E-state index in [0.29, 0.717) is 17.9 Å². The van der Waals surface area contributed by atoms with E-state index >= 15 is 0 Å². The molecule has 1 amide bonds. The Hall–Kier alpha value is -2.64. The number of nitrogens with one attached hydrogen (secondary N) is 2. The SMILES string of the molecule is Cc1ccc(F)c2c1NC(C(=O)Nc1cccc(N3CCC(O)(C4CCN(C)CC4)CC3)c1)C2. The zero-order chi connectivity index (χ0) is 23.9. The number of fused-ring (bicyclic) bond motifs is 1. The Balaban J connectivity index is 1.20. The van der Waals surface area contributed by atoms with E-state index in [9.17, 15) is 14.3 Å². The Bertz CT molecular complexity index is 1030. The second kappa shape index (κ2) is 9.19. The summed E-state index contributed by atoms with van der Waals surface area (Å²) in [5.41, 5.74) is 3.47. The van der Waals surface area contributed by atoms with Gasteiger partial charge in [0.2, 0.25) is 5.91 Å². The summed E-state index contributed by atoms with van der Waals surface area (Å²) < 4.78 is 14.2. The molecule has 0 aliphatic carbocycles. The molecular weight excluding hydrogens is 431 g/mol. The van der Waals surface area contributed by atoms with Crippen molar-refractivity contribution in [3.05, 3.63) is 53.3 Å². The fourth-order valence-corrected chi connectivity index (χ4v) is 5.84. The van der Waals surface area contributed by atoms with Crippen molar-refractivity contribution in [1.82, 2.24) is 4.90 Å². The van der Waals surface area contributed by atoms with Gasteiger partial charge < -0.3 is 25.5 Å². The molecule has 3 heterocycles. The largest absolute Gasteiger partial charge is 0.389 e. The summed E-state index contributed by atoms with van der Waals surface area (Å²) >= 11 is 0. The van der Waals surface area contributed by atoms with Crippen LogP contribution in [0.4, 0.5) is 21.5 Å². The average molecular weight is 467 g/mol. The maximum atomic E-state index is 14.2. The van der Waals surface area contributed by atoms with Crippen molar-refractivity contribution in [1.29, 1.82) is 0 Å². The molecule has 0 saturated carbocycles. The zero-order valence-corrected chi connectivity index (χ0v) is 20.1. The second-order valence-electron chi connectivity index (χ2n) is 10.3. The van der Waals surface area contributed by atoms with Gasteiger partial charge in [0.25, 0.3) is 0 Å².